The predicted molar refractivity (Wildman–Crippen MR) is 114 cm³/mol. The Morgan fingerprint density at radius 3 is 2.26 bits per heavy atom. The molecule has 1 saturated heterocycles. The van der Waals surface area contributed by atoms with Crippen molar-refractivity contribution in [3.63, 3.8) is 0 Å². The van der Waals surface area contributed by atoms with Crippen molar-refractivity contribution in [3.8, 4) is 11.5 Å². The molecule has 1 fully saturated rings. The number of hydrogen-bond donors (Lipinski definition) is 1. The van der Waals surface area contributed by atoms with Gasteiger partial charge in [0, 0.05) is 19.0 Å². The predicted octanol–water partition coefficient (Wildman–Crippen LogP) is 4.16. The van der Waals surface area contributed by atoms with Gasteiger partial charge in [-0.25, -0.2) is 4.39 Å². The molecule has 2 aromatic carbocycles. The molecule has 31 heavy (non-hydrogen) atoms. The van der Waals surface area contributed by atoms with Gasteiger partial charge >= 0.3 is 5.97 Å². The highest BCUT2D eigenvalue weighted by molar-refractivity contribution is 5.75. The molecule has 3 rings (SSSR count). The van der Waals surface area contributed by atoms with Crippen LogP contribution in [0.1, 0.15) is 38.3 Å². The number of ether oxygens (including phenoxy) is 4. The minimum absolute atomic E-state index is 0.270. The van der Waals surface area contributed by atoms with Crippen LogP contribution in [-0.4, -0.2) is 33.0 Å². The highest BCUT2D eigenvalue weighted by Gasteiger charge is 2.44. The maximum absolute atomic E-state index is 13.5. The van der Waals surface area contributed by atoms with E-state index in [4.69, 9.17) is 18.9 Å². The van der Waals surface area contributed by atoms with Gasteiger partial charge in [-0.1, -0.05) is 12.1 Å². The molecule has 0 saturated carbocycles. The molecule has 7 heteroatoms. The second kappa shape index (κ2) is 9.24. The molecule has 168 valence electrons. The minimum atomic E-state index is -0.785. The van der Waals surface area contributed by atoms with Crippen molar-refractivity contribution >= 4 is 5.97 Å². The van der Waals surface area contributed by atoms with Crippen LogP contribution in [-0.2, 0) is 26.5 Å². The molecule has 0 aromatic heterocycles. The molecular weight excluding hydrogens is 401 g/mol. The summed E-state index contributed by atoms with van der Waals surface area (Å²) in [5.41, 5.74) is 0.284. The van der Waals surface area contributed by atoms with Gasteiger partial charge in [0.05, 0.1) is 26.2 Å². The summed E-state index contributed by atoms with van der Waals surface area (Å²) in [5.74, 6) is 0.709. The second-order valence-corrected chi connectivity index (χ2v) is 8.74. The molecule has 2 unspecified atom stereocenters. The third-order valence-corrected chi connectivity index (χ3v) is 5.29. The smallest absolute Gasteiger partial charge is 0.312 e. The molecule has 2 atom stereocenters. The fourth-order valence-electron chi connectivity index (χ4n) is 3.45. The Morgan fingerprint density at radius 1 is 1.10 bits per heavy atom. The lowest BCUT2D eigenvalue weighted by Crippen LogP contribution is -2.33. The number of esters is 1. The number of rotatable bonds is 7. The second-order valence-electron chi connectivity index (χ2n) is 8.74. The maximum Gasteiger partial charge on any atom is 0.312 e. The first-order valence-electron chi connectivity index (χ1n) is 10.2. The normalized spacial score (nSPS) is 21.0. The third kappa shape index (κ3) is 5.54. The molecule has 0 bridgehead atoms. The van der Waals surface area contributed by atoms with E-state index >= 15 is 0 Å². The molecule has 1 aliphatic rings. The highest BCUT2D eigenvalue weighted by Crippen LogP contribution is 2.37. The average Bonchev–Trinajstić information content (AvgIpc) is 3.15. The van der Waals surface area contributed by atoms with E-state index in [1.807, 2.05) is 32.9 Å². The molecule has 0 amide bonds. The van der Waals surface area contributed by atoms with Crippen molar-refractivity contribution in [1.29, 1.82) is 0 Å². The molecule has 2 aromatic rings. The van der Waals surface area contributed by atoms with Gasteiger partial charge < -0.3 is 18.9 Å². The Balaban J connectivity index is 1.83. The zero-order valence-corrected chi connectivity index (χ0v) is 18.7. The van der Waals surface area contributed by atoms with Crippen LogP contribution in [0.15, 0.2) is 42.5 Å². The zero-order valence-electron chi connectivity index (χ0n) is 18.7. The van der Waals surface area contributed by atoms with Crippen LogP contribution in [0, 0.1) is 11.2 Å². The molecule has 0 aliphatic carbocycles. The summed E-state index contributed by atoms with van der Waals surface area (Å²) in [5, 5.41) is 3.23. The van der Waals surface area contributed by atoms with Gasteiger partial charge in [-0.2, -0.15) is 0 Å². The van der Waals surface area contributed by atoms with Crippen LogP contribution in [0.4, 0.5) is 4.39 Å². The number of methoxy groups -OCH3 is 2. The third-order valence-electron chi connectivity index (χ3n) is 5.29. The van der Waals surface area contributed by atoms with Crippen molar-refractivity contribution in [2.45, 2.75) is 45.6 Å². The van der Waals surface area contributed by atoms with E-state index in [0.717, 1.165) is 11.1 Å². The van der Waals surface area contributed by atoms with Crippen LogP contribution in [0.2, 0.25) is 0 Å². The van der Waals surface area contributed by atoms with E-state index in [0.29, 0.717) is 24.5 Å². The number of hydrogen-bond acceptors (Lipinski definition) is 6. The average molecular weight is 432 g/mol. The van der Waals surface area contributed by atoms with Crippen molar-refractivity contribution in [2.75, 3.05) is 20.8 Å². The number of halogens is 1. The fraction of sp³-hybridized carbons (Fsp3) is 0.458. The standard InChI is InChI=1S/C24H30FNO5/c1-23(2,3)22(27)31-21-13-24(15-26-21,17-6-8-18(25)9-7-17)30-14-16-10-19(28-4)12-20(11-16)29-5/h6-12,21,26H,13-15H2,1-5H3. The van der Waals surface area contributed by atoms with Gasteiger partial charge in [0.25, 0.3) is 0 Å². The van der Waals surface area contributed by atoms with Crippen molar-refractivity contribution in [2.24, 2.45) is 5.41 Å². The Hall–Kier alpha value is -2.64. The van der Waals surface area contributed by atoms with Crippen molar-refractivity contribution in [1.82, 2.24) is 5.32 Å². The molecule has 1 heterocycles. The highest BCUT2D eigenvalue weighted by atomic mass is 19.1. The fourth-order valence-corrected chi connectivity index (χ4v) is 3.45. The Labute approximate surface area is 182 Å². The summed E-state index contributed by atoms with van der Waals surface area (Å²) in [6, 6.07) is 11.8. The maximum atomic E-state index is 13.5. The molecule has 1 aliphatic heterocycles. The van der Waals surface area contributed by atoms with E-state index < -0.39 is 17.2 Å². The molecule has 6 nitrogen and oxygen atoms in total. The van der Waals surface area contributed by atoms with Crippen LogP contribution in [0.25, 0.3) is 0 Å². The summed E-state index contributed by atoms with van der Waals surface area (Å²) in [6.45, 7) is 6.12. The summed E-state index contributed by atoms with van der Waals surface area (Å²) in [7, 11) is 3.18. The van der Waals surface area contributed by atoms with E-state index in [9.17, 15) is 9.18 Å². The lowest BCUT2D eigenvalue weighted by molar-refractivity contribution is -0.160. The molecule has 1 N–H and O–H groups in total. The van der Waals surface area contributed by atoms with Crippen molar-refractivity contribution < 1.29 is 28.1 Å². The first kappa shape index (κ1) is 23.0. The lowest BCUT2D eigenvalue weighted by Gasteiger charge is -2.30. The Kier molecular flexibility index (Phi) is 6.86. The van der Waals surface area contributed by atoms with Crippen LogP contribution < -0.4 is 14.8 Å². The number of carbonyl (C=O) groups excluding carboxylic acids is 1. The molecule has 0 radical (unpaired) electrons. The first-order chi connectivity index (χ1) is 14.6. The molecule has 0 spiro atoms. The van der Waals surface area contributed by atoms with Crippen LogP contribution >= 0.6 is 0 Å². The summed E-state index contributed by atoms with van der Waals surface area (Å²) < 4.78 is 36.3. The Bertz CT molecular complexity index is 887. The van der Waals surface area contributed by atoms with E-state index in [-0.39, 0.29) is 18.4 Å². The van der Waals surface area contributed by atoms with Gasteiger partial charge in [0.1, 0.15) is 22.9 Å². The van der Waals surface area contributed by atoms with Gasteiger partial charge in [-0.3, -0.25) is 10.1 Å². The van der Waals surface area contributed by atoms with Gasteiger partial charge in [0.15, 0.2) is 6.23 Å². The molecular formula is C24H30FNO5. The monoisotopic (exact) mass is 431 g/mol. The first-order valence-corrected chi connectivity index (χ1v) is 10.2. The van der Waals surface area contributed by atoms with Gasteiger partial charge in [-0.15, -0.1) is 0 Å². The number of carbonyl (C=O) groups is 1. The summed E-state index contributed by atoms with van der Waals surface area (Å²) >= 11 is 0. The van der Waals surface area contributed by atoms with Gasteiger partial charge in [-0.05, 0) is 56.2 Å². The topological polar surface area (TPSA) is 66.0 Å². The number of nitrogens with one attached hydrogen (secondary N) is 1. The Morgan fingerprint density at radius 2 is 1.71 bits per heavy atom. The summed E-state index contributed by atoms with van der Waals surface area (Å²) in [6.07, 6.45) is -0.0988. The van der Waals surface area contributed by atoms with Crippen LogP contribution in [0.5, 0.6) is 11.5 Å². The van der Waals surface area contributed by atoms with Crippen molar-refractivity contribution in [3.05, 3.63) is 59.4 Å². The lowest BCUT2D eigenvalue weighted by atomic mass is 9.92. The van der Waals surface area contributed by atoms with Gasteiger partial charge in [0.2, 0.25) is 0 Å². The van der Waals surface area contributed by atoms with E-state index in [2.05, 4.69) is 5.32 Å². The summed E-state index contributed by atoms with van der Waals surface area (Å²) in [4.78, 5) is 12.4. The van der Waals surface area contributed by atoms with Crippen LogP contribution in [0.3, 0.4) is 0 Å². The quantitative estimate of drug-likeness (QED) is 0.664. The van der Waals surface area contributed by atoms with E-state index in [1.165, 1.54) is 12.1 Å². The SMILES string of the molecule is COc1cc(COC2(c3ccc(F)cc3)CNC(OC(=O)C(C)(C)C)C2)cc(OC)c1. The minimum Gasteiger partial charge on any atom is -0.497 e. The van der Waals surface area contributed by atoms with E-state index in [1.54, 1.807) is 32.4 Å². The number of benzene rings is 2. The largest absolute Gasteiger partial charge is 0.497 e. The zero-order chi connectivity index (χ0) is 22.6.